The fraction of sp³-hybridized carbons (Fsp3) is 0.417. The van der Waals surface area contributed by atoms with Gasteiger partial charge in [-0.3, -0.25) is 4.79 Å². The minimum absolute atomic E-state index is 0.103. The molecule has 16 heavy (non-hydrogen) atoms. The first-order valence-electron chi connectivity index (χ1n) is 5.08. The van der Waals surface area contributed by atoms with Crippen LogP contribution in [0.4, 0.5) is 0 Å². The second-order valence-corrected chi connectivity index (χ2v) is 5.63. The van der Waals surface area contributed by atoms with E-state index in [1.54, 1.807) is 18.2 Å². The molecule has 0 aliphatic heterocycles. The van der Waals surface area contributed by atoms with E-state index < -0.39 is 0 Å². The summed E-state index contributed by atoms with van der Waals surface area (Å²) in [6, 6.07) is 5.00. The summed E-state index contributed by atoms with van der Waals surface area (Å²) in [5, 5.41) is 0.905. The van der Waals surface area contributed by atoms with Crippen molar-refractivity contribution < 1.29 is 9.28 Å². The van der Waals surface area contributed by atoms with Gasteiger partial charge < -0.3 is 4.48 Å². The van der Waals surface area contributed by atoms with E-state index in [2.05, 4.69) is 21.1 Å². The fourth-order valence-corrected chi connectivity index (χ4v) is 1.55. The quantitative estimate of drug-likeness (QED) is 0.600. The molecule has 0 heterocycles. The lowest BCUT2D eigenvalue weighted by atomic mass is 10.1. The molecule has 0 amide bonds. The molecule has 0 saturated carbocycles. The molecule has 0 unspecified atom stereocenters. The largest absolute Gasteiger partial charge is 0.331 e. The summed E-state index contributed by atoms with van der Waals surface area (Å²) in [4.78, 5) is 11.8. The van der Waals surface area contributed by atoms with E-state index in [0.29, 0.717) is 22.0 Å². The van der Waals surface area contributed by atoms with E-state index in [9.17, 15) is 4.79 Å². The molecule has 2 nitrogen and oxygen atoms in total. The van der Waals surface area contributed by atoms with Crippen molar-refractivity contribution in [3.63, 3.8) is 0 Å². The standard InChI is InChI=1S/C12H16Cl2NO/c1-15(2,3)7-6-12(16)9-4-5-10(13)11(14)8-9/h4-5,8H,6-7H2,1-3H3/q+1. The highest BCUT2D eigenvalue weighted by Crippen LogP contribution is 2.23. The van der Waals surface area contributed by atoms with E-state index in [1.807, 2.05) is 0 Å². The van der Waals surface area contributed by atoms with E-state index in [1.165, 1.54) is 0 Å². The summed E-state index contributed by atoms with van der Waals surface area (Å²) in [6.45, 7) is 0.805. The maximum absolute atomic E-state index is 11.8. The van der Waals surface area contributed by atoms with Crippen LogP contribution in [0.5, 0.6) is 0 Å². The zero-order valence-corrected chi connectivity index (χ0v) is 11.3. The number of carbonyl (C=O) groups excluding carboxylic acids is 1. The summed E-state index contributed by atoms with van der Waals surface area (Å²) < 4.78 is 0.771. The van der Waals surface area contributed by atoms with Crippen LogP contribution in [-0.2, 0) is 0 Å². The molecule has 0 saturated heterocycles. The van der Waals surface area contributed by atoms with Crippen LogP contribution < -0.4 is 0 Å². The van der Waals surface area contributed by atoms with Crippen LogP contribution in [0.25, 0.3) is 0 Å². The van der Waals surface area contributed by atoms with E-state index in [4.69, 9.17) is 23.2 Å². The van der Waals surface area contributed by atoms with Crippen LogP contribution in [-0.4, -0.2) is 38.0 Å². The van der Waals surface area contributed by atoms with Gasteiger partial charge in [-0.05, 0) is 18.2 Å². The number of Topliss-reactive ketones (excluding diaryl/α,β-unsaturated/α-hetero) is 1. The SMILES string of the molecule is C[N+](C)(C)CCC(=O)c1ccc(Cl)c(Cl)c1. The van der Waals surface area contributed by atoms with E-state index in [0.717, 1.165) is 11.0 Å². The molecule has 0 fully saturated rings. The first-order valence-corrected chi connectivity index (χ1v) is 5.84. The topological polar surface area (TPSA) is 17.1 Å². The minimum atomic E-state index is 0.103. The number of ketones is 1. The molecule has 0 aromatic heterocycles. The van der Waals surface area contributed by atoms with Crippen LogP contribution in [0.2, 0.25) is 10.0 Å². The molecule has 0 spiro atoms. The van der Waals surface area contributed by atoms with Gasteiger partial charge in [0.25, 0.3) is 0 Å². The van der Waals surface area contributed by atoms with Crippen LogP contribution in [0.1, 0.15) is 16.8 Å². The summed E-state index contributed by atoms with van der Waals surface area (Å²) in [6.07, 6.45) is 0.515. The highest BCUT2D eigenvalue weighted by molar-refractivity contribution is 6.42. The third-order valence-electron chi connectivity index (χ3n) is 2.25. The molecule has 0 aliphatic carbocycles. The molecular weight excluding hydrogens is 245 g/mol. The van der Waals surface area contributed by atoms with Gasteiger partial charge in [0.2, 0.25) is 0 Å². The lowest BCUT2D eigenvalue weighted by Crippen LogP contribution is -2.36. The molecule has 0 atom stereocenters. The molecule has 0 bridgehead atoms. The normalized spacial score (nSPS) is 11.6. The molecule has 1 aromatic rings. The van der Waals surface area contributed by atoms with E-state index in [-0.39, 0.29) is 5.78 Å². The Bertz CT molecular complexity index is 396. The van der Waals surface area contributed by atoms with Crippen molar-refractivity contribution in [1.29, 1.82) is 0 Å². The summed E-state index contributed by atoms with van der Waals surface area (Å²) in [5.41, 5.74) is 0.628. The number of halogens is 2. The molecule has 88 valence electrons. The molecular formula is C12H16Cl2NO+. The Morgan fingerprint density at radius 1 is 1.19 bits per heavy atom. The second-order valence-electron chi connectivity index (χ2n) is 4.82. The zero-order valence-electron chi connectivity index (χ0n) is 9.76. The second kappa shape index (κ2) is 5.17. The number of hydrogen-bond donors (Lipinski definition) is 0. The average Bonchev–Trinajstić information content (AvgIpc) is 2.17. The van der Waals surface area contributed by atoms with Crippen molar-refractivity contribution in [2.75, 3.05) is 27.7 Å². The number of hydrogen-bond acceptors (Lipinski definition) is 1. The number of rotatable bonds is 4. The van der Waals surface area contributed by atoms with Gasteiger partial charge in [0.1, 0.15) is 0 Å². The molecule has 4 heteroatoms. The number of nitrogens with zero attached hydrogens (tertiary/aromatic N) is 1. The number of carbonyl (C=O) groups is 1. The van der Waals surface area contributed by atoms with Gasteiger partial charge in [0.15, 0.2) is 5.78 Å². The van der Waals surface area contributed by atoms with Crippen LogP contribution >= 0.6 is 23.2 Å². The maximum Gasteiger partial charge on any atom is 0.168 e. The minimum Gasteiger partial charge on any atom is -0.331 e. The monoisotopic (exact) mass is 260 g/mol. The number of quaternary nitrogens is 1. The smallest absolute Gasteiger partial charge is 0.168 e. The molecule has 0 radical (unpaired) electrons. The van der Waals surface area contributed by atoms with Gasteiger partial charge in [-0.15, -0.1) is 0 Å². The molecule has 1 aromatic carbocycles. The van der Waals surface area contributed by atoms with Crippen molar-refractivity contribution in [2.24, 2.45) is 0 Å². The van der Waals surface area contributed by atoms with Crippen molar-refractivity contribution in [3.8, 4) is 0 Å². The average molecular weight is 261 g/mol. The van der Waals surface area contributed by atoms with E-state index >= 15 is 0 Å². The fourth-order valence-electron chi connectivity index (χ4n) is 1.25. The van der Waals surface area contributed by atoms with Crippen molar-refractivity contribution in [3.05, 3.63) is 33.8 Å². The Morgan fingerprint density at radius 2 is 1.81 bits per heavy atom. The van der Waals surface area contributed by atoms with Gasteiger partial charge in [-0.1, -0.05) is 23.2 Å². The van der Waals surface area contributed by atoms with Gasteiger partial charge in [-0.2, -0.15) is 0 Å². The molecule has 0 aliphatic rings. The first kappa shape index (κ1) is 13.5. The summed E-state index contributed by atoms with van der Waals surface area (Å²) in [5.74, 6) is 0.103. The van der Waals surface area contributed by atoms with Gasteiger partial charge in [0, 0.05) is 5.56 Å². The Morgan fingerprint density at radius 3 is 2.31 bits per heavy atom. The van der Waals surface area contributed by atoms with Crippen LogP contribution in [0, 0.1) is 0 Å². The third kappa shape index (κ3) is 4.12. The van der Waals surface area contributed by atoms with Crippen molar-refractivity contribution in [1.82, 2.24) is 0 Å². The Kier molecular flexibility index (Phi) is 4.36. The predicted molar refractivity (Wildman–Crippen MR) is 68.3 cm³/mol. The lowest BCUT2D eigenvalue weighted by molar-refractivity contribution is -0.869. The zero-order chi connectivity index (χ0) is 12.3. The maximum atomic E-state index is 11.8. The highest BCUT2D eigenvalue weighted by atomic mass is 35.5. The van der Waals surface area contributed by atoms with Gasteiger partial charge >= 0.3 is 0 Å². The van der Waals surface area contributed by atoms with Crippen LogP contribution in [0.3, 0.4) is 0 Å². The van der Waals surface area contributed by atoms with Crippen LogP contribution in [0.15, 0.2) is 18.2 Å². The summed E-state index contributed by atoms with van der Waals surface area (Å²) >= 11 is 11.6. The number of benzene rings is 1. The van der Waals surface area contributed by atoms with Gasteiger partial charge in [0.05, 0.1) is 44.2 Å². The highest BCUT2D eigenvalue weighted by Gasteiger charge is 2.13. The Balaban J connectivity index is 2.70. The van der Waals surface area contributed by atoms with Crippen molar-refractivity contribution >= 4 is 29.0 Å². The summed E-state index contributed by atoms with van der Waals surface area (Å²) in [7, 11) is 6.17. The lowest BCUT2D eigenvalue weighted by Gasteiger charge is -2.23. The molecule has 0 N–H and O–H groups in total. The predicted octanol–water partition coefficient (Wildman–Crippen LogP) is 3.27. The molecule has 1 rings (SSSR count). The van der Waals surface area contributed by atoms with Crippen molar-refractivity contribution in [2.45, 2.75) is 6.42 Å². The Hall–Kier alpha value is -0.570. The third-order valence-corrected chi connectivity index (χ3v) is 2.99. The Labute approximate surface area is 106 Å². The first-order chi connectivity index (χ1) is 7.29. The van der Waals surface area contributed by atoms with Gasteiger partial charge in [-0.25, -0.2) is 0 Å².